The van der Waals surface area contributed by atoms with Crippen molar-refractivity contribution in [2.45, 2.75) is 96.5 Å². The molecule has 3 aliphatic carbocycles. The summed E-state index contributed by atoms with van der Waals surface area (Å²) in [6, 6.07) is 7.57. The predicted molar refractivity (Wildman–Crippen MR) is 193 cm³/mol. The predicted octanol–water partition coefficient (Wildman–Crippen LogP) is 2.66. The van der Waals surface area contributed by atoms with Crippen molar-refractivity contribution in [3.8, 4) is 0 Å². The second-order valence-electron chi connectivity index (χ2n) is 16.5. The summed E-state index contributed by atoms with van der Waals surface area (Å²) in [4.78, 5) is 69.0. The molecule has 4 aliphatic rings. The molecular formula is C38H53BN3O11. The number of rotatable bonds is 9. The number of nitrogens with one attached hydrogen (secondary N) is 1. The smallest absolute Gasteiger partial charge is 0.410 e. The number of Topliss-reactive ketones (excluding diaryl/α,β-unsaturated/α-hetero) is 1. The van der Waals surface area contributed by atoms with Crippen LogP contribution in [0.5, 0.6) is 0 Å². The highest BCUT2D eigenvalue weighted by molar-refractivity contribution is 6.64. The van der Waals surface area contributed by atoms with E-state index in [1.807, 2.05) is 13.8 Å². The molecule has 2 bridgehead atoms. The van der Waals surface area contributed by atoms with E-state index in [0.717, 1.165) is 12.3 Å². The molecule has 289 valence electrons. The van der Waals surface area contributed by atoms with E-state index in [1.165, 1.54) is 19.0 Å². The summed E-state index contributed by atoms with van der Waals surface area (Å²) in [7, 11) is 7.09. The van der Waals surface area contributed by atoms with Gasteiger partial charge in [-0.25, -0.2) is 14.4 Å². The second-order valence-corrected chi connectivity index (χ2v) is 16.5. The third-order valence-corrected chi connectivity index (χ3v) is 12.7. The topological polar surface area (TPSA) is 181 Å². The van der Waals surface area contributed by atoms with Crippen LogP contribution in [0.4, 0.5) is 9.59 Å². The van der Waals surface area contributed by atoms with Gasteiger partial charge in [-0.05, 0) is 42.4 Å². The number of amides is 2. The summed E-state index contributed by atoms with van der Waals surface area (Å²) in [5.41, 5.74) is -3.90. The van der Waals surface area contributed by atoms with Crippen molar-refractivity contribution < 1.29 is 53.1 Å². The van der Waals surface area contributed by atoms with Crippen LogP contribution in [-0.4, -0.2) is 128 Å². The molecule has 2 saturated carbocycles. The summed E-state index contributed by atoms with van der Waals surface area (Å²) >= 11 is 0. The number of nitrogens with zero attached hydrogens (tertiary/aromatic N) is 2. The zero-order valence-corrected chi connectivity index (χ0v) is 32.2. The van der Waals surface area contributed by atoms with Gasteiger partial charge in [-0.3, -0.25) is 4.79 Å². The summed E-state index contributed by atoms with van der Waals surface area (Å²) in [6.45, 7) is 11.1. The SMILES string of the molecule is CC1=C2[C@@H](O)C(=O)[C@]3(C)[C@@H](OC(=O)N(C)C)C[C@H]4OC[C@@]4(C)[C@H]3[C@H](C)[C@](O)(C[C@@H]1OC(=O)[C@H](OC(=O)N(C)C)[C@@H](N[B]C=O)c1ccccc1)C2(C)C. The molecule has 3 fully saturated rings. The molecule has 5 rings (SSSR count). The fraction of sp³-hybridized carbons (Fsp3) is 0.658. The van der Waals surface area contributed by atoms with Gasteiger partial charge in [0.2, 0.25) is 6.10 Å². The maximum atomic E-state index is 15.0. The van der Waals surface area contributed by atoms with Crippen LogP contribution >= 0.6 is 0 Å². The first-order chi connectivity index (χ1) is 24.7. The Hall–Kier alpha value is -3.79. The Labute approximate surface area is 311 Å². The zero-order chi connectivity index (χ0) is 39.4. The Morgan fingerprint density at radius 2 is 1.66 bits per heavy atom. The van der Waals surface area contributed by atoms with Crippen LogP contribution in [0.15, 0.2) is 41.5 Å². The zero-order valence-electron chi connectivity index (χ0n) is 32.2. The standard InChI is InChI=1S/C38H53BN3O11/c1-20-23(51-32(46)29(53-34(48)42(9)10)27(40-39-19-43)22-14-12-11-13-15-22)17-38(49)21(2)30-36(5)18-50-24(36)16-25(52-33(47)41(7)8)37(30,6)31(45)28(44)26(20)35(38,3)4/h11-15,19,21,23-25,27-30,40,44,49H,16-18H2,1-10H3/t21-,23-,24+,25-,27-,28+,29+,30+,36+,37+,38+/m0/s1. The van der Waals surface area contributed by atoms with Gasteiger partial charge in [-0.2, -0.15) is 0 Å². The van der Waals surface area contributed by atoms with Crippen LogP contribution in [0.2, 0.25) is 0 Å². The van der Waals surface area contributed by atoms with E-state index in [-0.39, 0.29) is 24.5 Å². The number of ether oxygens (including phenoxy) is 4. The summed E-state index contributed by atoms with van der Waals surface area (Å²) < 4.78 is 23.9. The van der Waals surface area contributed by atoms with Crippen LogP contribution in [-0.2, 0) is 33.3 Å². The Morgan fingerprint density at radius 1 is 1.04 bits per heavy atom. The highest BCUT2D eigenvalue weighted by atomic mass is 16.6. The van der Waals surface area contributed by atoms with Crippen molar-refractivity contribution >= 4 is 37.5 Å². The van der Waals surface area contributed by atoms with Gasteiger partial charge in [0.15, 0.2) is 5.78 Å². The van der Waals surface area contributed by atoms with Gasteiger partial charge in [0, 0.05) is 51.9 Å². The number of benzene rings is 1. The lowest BCUT2D eigenvalue weighted by Crippen LogP contribution is -2.75. The van der Waals surface area contributed by atoms with Crippen molar-refractivity contribution in [1.82, 2.24) is 15.0 Å². The largest absolute Gasteiger partial charge is 0.455 e. The molecule has 1 aliphatic heterocycles. The van der Waals surface area contributed by atoms with Crippen molar-refractivity contribution in [1.29, 1.82) is 0 Å². The maximum Gasteiger partial charge on any atom is 0.410 e. The van der Waals surface area contributed by atoms with Gasteiger partial charge in [-0.1, -0.05) is 58.0 Å². The lowest BCUT2D eigenvalue weighted by molar-refractivity contribution is -0.302. The molecule has 15 heteroatoms. The molecule has 1 radical (unpaired) electrons. The van der Waals surface area contributed by atoms with Gasteiger partial charge in [0.1, 0.15) is 18.3 Å². The Morgan fingerprint density at radius 3 is 2.21 bits per heavy atom. The molecule has 53 heavy (non-hydrogen) atoms. The number of esters is 1. The van der Waals surface area contributed by atoms with E-state index in [4.69, 9.17) is 18.9 Å². The minimum absolute atomic E-state index is 0.127. The van der Waals surface area contributed by atoms with Gasteiger partial charge in [-0.15, -0.1) is 0 Å². The van der Waals surface area contributed by atoms with E-state index < -0.39 is 88.1 Å². The molecule has 1 heterocycles. The number of carbonyl (C=O) groups excluding carboxylic acids is 5. The first kappa shape index (κ1) is 40.4. The first-order valence-electron chi connectivity index (χ1n) is 18.0. The molecule has 0 spiro atoms. The fourth-order valence-corrected chi connectivity index (χ4v) is 9.79. The van der Waals surface area contributed by atoms with Gasteiger partial charge >= 0.3 is 18.2 Å². The van der Waals surface area contributed by atoms with E-state index in [2.05, 4.69) is 5.23 Å². The number of hydrogen-bond acceptors (Lipinski definition) is 12. The monoisotopic (exact) mass is 738 g/mol. The highest BCUT2D eigenvalue weighted by Gasteiger charge is 2.73. The number of fused-ring (bicyclic) bond motifs is 5. The van der Waals surface area contributed by atoms with Gasteiger partial charge < -0.3 is 49.0 Å². The lowest BCUT2D eigenvalue weighted by Gasteiger charge is -2.68. The number of carbonyl (C=O) groups is 5. The van der Waals surface area contributed by atoms with E-state index in [9.17, 15) is 34.2 Å². The first-order valence-corrected chi connectivity index (χ1v) is 18.0. The maximum absolute atomic E-state index is 15.0. The number of aliphatic hydroxyl groups excluding tert-OH is 1. The molecule has 14 nitrogen and oxygen atoms in total. The van der Waals surface area contributed by atoms with E-state index in [1.54, 1.807) is 72.1 Å². The Balaban J connectivity index is 1.62. The normalized spacial score (nSPS) is 35.4. The third-order valence-electron chi connectivity index (χ3n) is 12.7. The fourth-order valence-electron chi connectivity index (χ4n) is 9.79. The van der Waals surface area contributed by atoms with Crippen LogP contribution in [0, 0.1) is 28.1 Å². The van der Waals surface area contributed by atoms with E-state index in [0.29, 0.717) is 23.9 Å². The Bertz CT molecular complexity index is 1650. The molecule has 11 atom stereocenters. The molecule has 2 amide bonds. The molecule has 3 N–H and O–H groups in total. The van der Waals surface area contributed by atoms with Crippen molar-refractivity contribution in [2.75, 3.05) is 34.8 Å². The van der Waals surface area contributed by atoms with Gasteiger partial charge in [0.25, 0.3) is 7.41 Å². The molecule has 0 unspecified atom stereocenters. The second kappa shape index (κ2) is 14.5. The molecular weight excluding hydrogens is 685 g/mol. The molecule has 1 saturated heterocycles. The van der Waals surface area contributed by atoms with Crippen molar-refractivity contribution in [2.24, 2.45) is 28.1 Å². The van der Waals surface area contributed by atoms with Crippen LogP contribution in [0.1, 0.15) is 66.0 Å². The van der Waals surface area contributed by atoms with Crippen molar-refractivity contribution in [3.05, 3.63) is 47.0 Å². The lowest BCUT2D eigenvalue weighted by atomic mass is 9.40. The molecule has 1 aromatic rings. The minimum atomic E-state index is -1.76. The summed E-state index contributed by atoms with van der Waals surface area (Å²) in [6.07, 6.45) is -6.77. The quantitative estimate of drug-likeness (QED) is 0.111. The minimum Gasteiger partial charge on any atom is -0.455 e. The van der Waals surface area contributed by atoms with Crippen molar-refractivity contribution in [3.63, 3.8) is 0 Å². The third kappa shape index (κ3) is 6.46. The van der Waals surface area contributed by atoms with Gasteiger partial charge in [0.05, 0.1) is 36.0 Å². The molecule has 1 aromatic carbocycles. The summed E-state index contributed by atoms with van der Waals surface area (Å²) in [5.74, 6) is -2.88. The Kier molecular flexibility index (Phi) is 11.0. The number of ketones is 1. The summed E-state index contributed by atoms with van der Waals surface area (Å²) in [5, 5.41) is 28.3. The van der Waals surface area contributed by atoms with Crippen LogP contribution < -0.4 is 5.23 Å². The van der Waals surface area contributed by atoms with Crippen LogP contribution in [0.25, 0.3) is 0 Å². The van der Waals surface area contributed by atoms with Crippen LogP contribution in [0.3, 0.4) is 0 Å². The highest BCUT2D eigenvalue weighted by Crippen LogP contribution is 2.67. The average Bonchev–Trinajstić information content (AvgIpc) is 3.09. The number of hydrogen-bond donors (Lipinski definition) is 3. The average molecular weight is 739 g/mol. The molecule has 0 aromatic heterocycles. The van der Waals surface area contributed by atoms with E-state index >= 15 is 0 Å². The number of aliphatic hydroxyl groups is 2.